The summed E-state index contributed by atoms with van der Waals surface area (Å²) in [5.41, 5.74) is -0.288. The second-order valence-electron chi connectivity index (χ2n) is 7.45. The molecule has 1 N–H and O–H groups in total. The summed E-state index contributed by atoms with van der Waals surface area (Å²) in [5.74, 6) is 2.33. The minimum atomic E-state index is -0.947. The Morgan fingerprint density at radius 3 is 2.96 bits per heavy atom. The van der Waals surface area contributed by atoms with Crippen molar-refractivity contribution in [3.05, 3.63) is 29.7 Å². The number of likely N-dealkylation sites (tertiary alicyclic amines) is 1. The van der Waals surface area contributed by atoms with Crippen molar-refractivity contribution in [1.82, 2.24) is 24.9 Å². The van der Waals surface area contributed by atoms with Crippen LogP contribution < -0.4 is 0 Å². The van der Waals surface area contributed by atoms with Gasteiger partial charge in [-0.05, 0) is 46.1 Å². The maximum absolute atomic E-state index is 11.1. The topological polar surface area (TPSA) is 80.2 Å². The number of nitrogens with zero attached hydrogens (tertiary/aromatic N) is 5. The maximum atomic E-state index is 11.1. The Morgan fingerprint density at radius 1 is 1.42 bits per heavy atom. The molecule has 2 aliphatic rings. The fraction of sp³-hybridized carbons (Fsp3) is 0.706. The van der Waals surface area contributed by atoms with Crippen LogP contribution in [0.5, 0.6) is 0 Å². The summed E-state index contributed by atoms with van der Waals surface area (Å²) in [4.78, 5) is 6.59. The number of piperidine rings is 1. The fourth-order valence-electron chi connectivity index (χ4n) is 3.35. The minimum absolute atomic E-state index is 0.239. The third-order valence-electron chi connectivity index (χ3n) is 4.98. The Kier molecular flexibility index (Phi) is 3.92. The van der Waals surface area contributed by atoms with Crippen LogP contribution in [0.1, 0.15) is 68.8 Å². The Labute approximate surface area is 141 Å². The monoisotopic (exact) mass is 331 g/mol. The zero-order valence-corrected chi connectivity index (χ0v) is 14.4. The lowest BCUT2D eigenvalue weighted by molar-refractivity contribution is -0.0433. The summed E-state index contributed by atoms with van der Waals surface area (Å²) >= 11 is 0. The van der Waals surface area contributed by atoms with Crippen molar-refractivity contribution in [2.24, 2.45) is 0 Å². The van der Waals surface area contributed by atoms with Crippen LogP contribution in [0.2, 0.25) is 0 Å². The van der Waals surface area contributed by atoms with Gasteiger partial charge >= 0.3 is 0 Å². The third-order valence-corrected chi connectivity index (χ3v) is 4.98. The van der Waals surface area contributed by atoms with Gasteiger partial charge in [-0.15, -0.1) is 5.10 Å². The molecule has 1 saturated carbocycles. The second-order valence-corrected chi connectivity index (χ2v) is 7.45. The normalized spacial score (nSPS) is 25.5. The molecular formula is C17H25N5O2. The van der Waals surface area contributed by atoms with Gasteiger partial charge in [0.2, 0.25) is 5.89 Å². The highest BCUT2D eigenvalue weighted by Crippen LogP contribution is 2.40. The van der Waals surface area contributed by atoms with Gasteiger partial charge in [0.1, 0.15) is 17.1 Å². The molecule has 1 aliphatic carbocycles. The lowest BCUT2D eigenvalue weighted by Crippen LogP contribution is -2.46. The average Bonchev–Trinajstić information content (AvgIpc) is 3.08. The highest BCUT2D eigenvalue weighted by atomic mass is 16.4. The summed E-state index contributed by atoms with van der Waals surface area (Å²) in [6, 6.07) is 0.239. The quantitative estimate of drug-likeness (QED) is 0.905. The number of aliphatic hydroxyl groups is 1. The summed E-state index contributed by atoms with van der Waals surface area (Å²) in [6.07, 6.45) is 7.77. The average molecular weight is 331 g/mol. The van der Waals surface area contributed by atoms with E-state index in [0.717, 1.165) is 24.6 Å². The van der Waals surface area contributed by atoms with Crippen molar-refractivity contribution in [3.63, 3.8) is 0 Å². The Morgan fingerprint density at radius 2 is 2.25 bits per heavy atom. The summed E-state index contributed by atoms with van der Waals surface area (Å²) < 4.78 is 7.65. The number of hydrogen-bond donors (Lipinski definition) is 1. The van der Waals surface area contributed by atoms with Gasteiger partial charge in [-0.25, -0.2) is 9.67 Å². The second kappa shape index (κ2) is 5.97. The van der Waals surface area contributed by atoms with Crippen LogP contribution in [0.15, 0.2) is 16.8 Å². The minimum Gasteiger partial charge on any atom is -0.444 e. The number of hydrogen-bond acceptors (Lipinski definition) is 6. The van der Waals surface area contributed by atoms with Gasteiger partial charge in [0.15, 0.2) is 0 Å². The van der Waals surface area contributed by atoms with Crippen molar-refractivity contribution in [2.45, 2.75) is 63.6 Å². The standard InChI is InChI=1S/C17H25N5O2/c1-12(2)22-9-15(19-20-22)17(23)6-3-7-21(11-17)10-16-18-8-14(24-16)13-4-5-13/h8-9,12-13,23H,3-7,10-11H2,1-2H3/t17-/m0/s1. The SMILES string of the molecule is CC(C)n1cc([C@]2(O)CCCN(Cc3ncc(C4CC4)o3)C2)nn1. The lowest BCUT2D eigenvalue weighted by atomic mass is 9.90. The Balaban J connectivity index is 1.45. The first-order valence-corrected chi connectivity index (χ1v) is 8.85. The van der Waals surface area contributed by atoms with Crippen LogP contribution in [0.25, 0.3) is 0 Å². The molecule has 0 spiro atoms. The highest BCUT2D eigenvalue weighted by Gasteiger charge is 2.38. The first-order valence-electron chi connectivity index (χ1n) is 8.85. The van der Waals surface area contributed by atoms with Crippen LogP contribution >= 0.6 is 0 Å². The van der Waals surface area contributed by atoms with E-state index >= 15 is 0 Å². The molecule has 0 aromatic carbocycles. The van der Waals surface area contributed by atoms with E-state index in [4.69, 9.17) is 4.42 Å². The molecule has 0 amide bonds. The van der Waals surface area contributed by atoms with Gasteiger partial charge in [-0.3, -0.25) is 4.90 Å². The van der Waals surface area contributed by atoms with E-state index in [0.29, 0.717) is 31.1 Å². The summed E-state index contributed by atoms with van der Waals surface area (Å²) in [7, 11) is 0. The Hall–Kier alpha value is -1.73. The molecule has 24 heavy (non-hydrogen) atoms. The van der Waals surface area contributed by atoms with Crippen LogP contribution in [0.4, 0.5) is 0 Å². The van der Waals surface area contributed by atoms with Gasteiger partial charge < -0.3 is 9.52 Å². The van der Waals surface area contributed by atoms with Crippen LogP contribution in [0, 0.1) is 0 Å². The molecule has 130 valence electrons. The molecular weight excluding hydrogens is 306 g/mol. The molecule has 0 radical (unpaired) electrons. The highest BCUT2D eigenvalue weighted by molar-refractivity contribution is 5.11. The zero-order valence-electron chi connectivity index (χ0n) is 14.4. The summed E-state index contributed by atoms with van der Waals surface area (Å²) in [5, 5.41) is 19.4. The Bertz CT molecular complexity index is 705. The third kappa shape index (κ3) is 3.10. The number of oxazole rings is 1. The predicted octanol–water partition coefficient (Wildman–Crippen LogP) is 2.21. The van der Waals surface area contributed by atoms with E-state index in [9.17, 15) is 5.11 Å². The van der Waals surface area contributed by atoms with Crippen molar-refractivity contribution in [3.8, 4) is 0 Å². The molecule has 2 aromatic heterocycles. The zero-order chi connectivity index (χ0) is 16.7. The van der Waals surface area contributed by atoms with Crippen molar-refractivity contribution >= 4 is 0 Å². The number of rotatable bonds is 5. The van der Waals surface area contributed by atoms with Gasteiger partial charge in [0.05, 0.1) is 18.9 Å². The van der Waals surface area contributed by atoms with Crippen molar-refractivity contribution in [1.29, 1.82) is 0 Å². The first kappa shape index (κ1) is 15.8. The number of aromatic nitrogens is 4. The molecule has 0 bridgehead atoms. The molecule has 2 fully saturated rings. The lowest BCUT2D eigenvalue weighted by Gasteiger charge is -2.37. The first-order chi connectivity index (χ1) is 11.5. The molecule has 7 nitrogen and oxygen atoms in total. The van der Waals surface area contributed by atoms with Crippen LogP contribution in [-0.2, 0) is 12.1 Å². The molecule has 4 rings (SSSR count). The van der Waals surface area contributed by atoms with Crippen LogP contribution in [-0.4, -0.2) is 43.1 Å². The molecule has 1 atom stereocenters. The molecule has 3 heterocycles. The molecule has 7 heteroatoms. The van der Waals surface area contributed by atoms with Crippen molar-refractivity contribution in [2.75, 3.05) is 13.1 Å². The van der Waals surface area contributed by atoms with Crippen LogP contribution in [0.3, 0.4) is 0 Å². The van der Waals surface area contributed by atoms with E-state index in [2.05, 4.69) is 34.0 Å². The molecule has 2 aromatic rings. The number of β-amino-alcohol motifs (C(OH)–C–C–N with tert-alkyl or cyclic N) is 1. The van der Waals surface area contributed by atoms with Gasteiger partial charge in [0, 0.05) is 18.5 Å². The van der Waals surface area contributed by atoms with E-state index in [-0.39, 0.29) is 6.04 Å². The van der Waals surface area contributed by atoms with Gasteiger partial charge in [0.25, 0.3) is 0 Å². The van der Waals surface area contributed by atoms with E-state index in [1.165, 1.54) is 12.8 Å². The predicted molar refractivity (Wildman–Crippen MR) is 87.3 cm³/mol. The van der Waals surface area contributed by atoms with Gasteiger partial charge in [-0.1, -0.05) is 5.21 Å². The fourth-order valence-corrected chi connectivity index (χ4v) is 3.35. The van der Waals surface area contributed by atoms with E-state index in [1.807, 2.05) is 12.4 Å². The van der Waals surface area contributed by atoms with Gasteiger partial charge in [-0.2, -0.15) is 0 Å². The van der Waals surface area contributed by atoms with Crippen molar-refractivity contribution < 1.29 is 9.52 Å². The maximum Gasteiger partial charge on any atom is 0.208 e. The summed E-state index contributed by atoms with van der Waals surface area (Å²) in [6.45, 7) is 6.20. The van der Waals surface area contributed by atoms with E-state index in [1.54, 1.807) is 4.68 Å². The smallest absolute Gasteiger partial charge is 0.208 e. The molecule has 1 aliphatic heterocycles. The molecule has 0 unspecified atom stereocenters. The molecule has 1 saturated heterocycles. The van der Waals surface area contributed by atoms with E-state index < -0.39 is 5.60 Å². The largest absolute Gasteiger partial charge is 0.444 e.